The van der Waals surface area contributed by atoms with Crippen LogP contribution in [-0.2, 0) is 9.47 Å². The number of rotatable bonds is 0. The summed E-state index contributed by atoms with van der Waals surface area (Å²) in [5.74, 6) is 0. The Morgan fingerprint density at radius 2 is 1.35 bits per heavy atom. The molecule has 6 nitrogen and oxygen atoms in total. The molecule has 2 rings (SSSR count). The van der Waals surface area contributed by atoms with Gasteiger partial charge in [0.2, 0.25) is 0 Å². The van der Waals surface area contributed by atoms with Crippen LogP contribution in [0.15, 0.2) is 0 Å². The molecular formula is C11H18N2O4. The molecule has 17 heavy (non-hydrogen) atoms. The number of hydrogen-bond donors (Lipinski definition) is 0. The predicted molar refractivity (Wildman–Crippen MR) is 59.7 cm³/mol. The van der Waals surface area contributed by atoms with Gasteiger partial charge in [-0.1, -0.05) is 0 Å². The first-order valence-electron chi connectivity index (χ1n) is 6.11. The highest BCUT2D eigenvalue weighted by Gasteiger charge is 2.24. The Hall–Kier alpha value is -1.30. The fourth-order valence-electron chi connectivity index (χ4n) is 2.03. The van der Waals surface area contributed by atoms with E-state index in [4.69, 9.17) is 9.47 Å². The Morgan fingerprint density at radius 1 is 0.824 bits per heavy atom. The first-order valence-corrected chi connectivity index (χ1v) is 6.11. The number of ether oxygens (including phenoxy) is 2. The molecule has 2 amide bonds. The van der Waals surface area contributed by atoms with Crippen LogP contribution in [0.3, 0.4) is 0 Å². The van der Waals surface area contributed by atoms with E-state index >= 15 is 0 Å². The van der Waals surface area contributed by atoms with Gasteiger partial charge >= 0.3 is 12.2 Å². The number of nitrogens with zero attached hydrogens (tertiary/aromatic N) is 2. The lowest BCUT2D eigenvalue weighted by atomic mass is 10.1. The smallest absolute Gasteiger partial charge is 0.378 e. The predicted octanol–water partition coefficient (Wildman–Crippen LogP) is 1.06. The molecule has 0 unspecified atom stereocenters. The van der Waals surface area contributed by atoms with Gasteiger partial charge in [0, 0.05) is 26.2 Å². The molecule has 0 aromatic heterocycles. The summed E-state index contributed by atoms with van der Waals surface area (Å²) in [7, 11) is 0. The van der Waals surface area contributed by atoms with Crippen LogP contribution in [0.4, 0.5) is 9.59 Å². The highest BCUT2D eigenvalue weighted by Crippen LogP contribution is 2.10. The van der Waals surface area contributed by atoms with Crippen LogP contribution >= 0.6 is 0 Å². The molecule has 0 saturated carbocycles. The molecular weight excluding hydrogens is 224 g/mol. The van der Waals surface area contributed by atoms with Crippen LogP contribution in [-0.4, -0.2) is 61.4 Å². The normalized spacial score (nSPS) is 21.2. The minimum atomic E-state index is -0.552. The Kier molecular flexibility index (Phi) is 4.19. The number of likely N-dealkylation sites (tertiary alicyclic amines) is 1. The monoisotopic (exact) mass is 242 g/mol. The second kappa shape index (κ2) is 5.86. The largest absolute Gasteiger partial charge is 0.418 e. The van der Waals surface area contributed by atoms with Crippen molar-refractivity contribution in [1.82, 2.24) is 9.80 Å². The minimum Gasteiger partial charge on any atom is -0.378 e. The zero-order chi connectivity index (χ0) is 12.1. The third kappa shape index (κ3) is 3.33. The van der Waals surface area contributed by atoms with Crippen molar-refractivity contribution < 1.29 is 19.1 Å². The van der Waals surface area contributed by atoms with Crippen molar-refractivity contribution in [3.63, 3.8) is 0 Å². The van der Waals surface area contributed by atoms with E-state index in [-0.39, 0.29) is 0 Å². The quantitative estimate of drug-likeness (QED) is 0.596. The Labute approximate surface area is 100 Å². The summed E-state index contributed by atoms with van der Waals surface area (Å²) in [6, 6.07) is 0. The van der Waals surface area contributed by atoms with Crippen molar-refractivity contribution in [2.24, 2.45) is 0 Å². The van der Waals surface area contributed by atoms with Crippen molar-refractivity contribution >= 4 is 12.2 Å². The third-order valence-corrected chi connectivity index (χ3v) is 3.06. The molecule has 0 radical (unpaired) electrons. The van der Waals surface area contributed by atoms with Crippen LogP contribution in [0.1, 0.15) is 19.3 Å². The van der Waals surface area contributed by atoms with E-state index in [1.54, 1.807) is 4.90 Å². The molecule has 0 atom stereocenters. The number of amides is 2. The maximum Gasteiger partial charge on any atom is 0.418 e. The van der Waals surface area contributed by atoms with Gasteiger partial charge in [-0.05, 0) is 19.3 Å². The number of morpholine rings is 1. The van der Waals surface area contributed by atoms with Gasteiger partial charge in [0.15, 0.2) is 0 Å². The number of piperidine rings is 1. The van der Waals surface area contributed by atoms with Gasteiger partial charge in [0.05, 0.1) is 13.2 Å². The van der Waals surface area contributed by atoms with E-state index in [0.717, 1.165) is 19.3 Å². The molecule has 2 aliphatic rings. The first-order chi connectivity index (χ1) is 8.27. The standard InChI is InChI=1S/C11H18N2O4/c14-10(12-4-2-1-3-5-12)17-11(15)13-6-8-16-9-7-13/h1-9H2. The maximum atomic E-state index is 11.7. The Balaban J connectivity index is 1.78. The second-order valence-electron chi connectivity index (χ2n) is 4.28. The molecule has 0 bridgehead atoms. The fraction of sp³-hybridized carbons (Fsp3) is 0.818. The SMILES string of the molecule is O=C(OC(=O)N1CCOCC1)N1CCCCC1. The third-order valence-electron chi connectivity index (χ3n) is 3.06. The number of carbonyl (C=O) groups is 2. The molecule has 6 heteroatoms. The number of carbonyl (C=O) groups excluding carboxylic acids is 2. The van der Waals surface area contributed by atoms with E-state index in [0.29, 0.717) is 39.4 Å². The van der Waals surface area contributed by atoms with Gasteiger partial charge < -0.3 is 19.3 Å². The maximum absolute atomic E-state index is 11.7. The Bertz CT molecular complexity index is 255. The lowest BCUT2D eigenvalue weighted by molar-refractivity contribution is 0.0304. The lowest BCUT2D eigenvalue weighted by Crippen LogP contribution is -2.44. The topological polar surface area (TPSA) is 59.1 Å². The first kappa shape index (κ1) is 12.2. The van der Waals surface area contributed by atoms with Crippen molar-refractivity contribution in [2.45, 2.75) is 19.3 Å². The van der Waals surface area contributed by atoms with E-state index in [1.165, 1.54) is 4.90 Å². The van der Waals surface area contributed by atoms with Crippen molar-refractivity contribution in [1.29, 1.82) is 0 Å². The van der Waals surface area contributed by atoms with E-state index in [9.17, 15) is 9.59 Å². The summed E-state index contributed by atoms with van der Waals surface area (Å²) >= 11 is 0. The molecule has 96 valence electrons. The summed E-state index contributed by atoms with van der Waals surface area (Å²) in [6.07, 6.45) is 2.05. The van der Waals surface area contributed by atoms with Crippen LogP contribution in [0, 0.1) is 0 Å². The zero-order valence-corrected chi connectivity index (χ0v) is 9.89. The van der Waals surface area contributed by atoms with Gasteiger partial charge in [0.25, 0.3) is 0 Å². The van der Waals surface area contributed by atoms with Gasteiger partial charge in [-0.25, -0.2) is 9.59 Å². The van der Waals surface area contributed by atoms with E-state index < -0.39 is 12.2 Å². The summed E-state index contributed by atoms with van der Waals surface area (Å²) in [4.78, 5) is 26.4. The highest BCUT2D eigenvalue weighted by atomic mass is 16.6. The molecule has 2 aliphatic heterocycles. The average molecular weight is 242 g/mol. The van der Waals surface area contributed by atoms with E-state index in [2.05, 4.69) is 0 Å². The van der Waals surface area contributed by atoms with Crippen LogP contribution in [0.5, 0.6) is 0 Å². The number of hydrogen-bond acceptors (Lipinski definition) is 4. The summed E-state index contributed by atoms with van der Waals surface area (Å²) < 4.78 is 9.97. The van der Waals surface area contributed by atoms with E-state index in [1.807, 2.05) is 0 Å². The highest BCUT2D eigenvalue weighted by molar-refractivity contribution is 5.83. The second-order valence-corrected chi connectivity index (χ2v) is 4.28. The zero-order valence-electron chi connectivity index (χ0n) is 9.89. The molecule has 0 aromatic rings. The summed E-state index contributed by atoms with van der Waals surface area (Å²) in [6.45, 7) is 3.38. The van der Waals surface area contributed by atoms with Gasteiger partial charge in [-0.2, -0.15) is 0 Å². The van der Waals surface area contributed by atoms with Crippen molar-refractivity contribution in [2.75, 3.05) is 39.4 Å². The molecule has 0 spiro atoms. The van der Waals surface area contributed by atoms with Crippen molar-refractivity contribution in [3.8, 4) is 0 Å². The minimum absolute atomic E-state index is 0.492. The van der Waals surface area contributed by atoms with Gasteiger partial charge in [-0.3, -0.25) is 0 Å². The fourth-order valence-corrected chi connectivity index (χ4v) is 2.03. The average Bonchev–Trinajstić information content (AvgIpc) is 2.40. The molecule has 2 fully saturated rings. The summed E-state index contributed by atoms with van der Waals surface area (Å²) in [5, 5.41) is 0. The van der Waals surface area contributed by atoms with Gasteiger partial charge in [-0.15, -0.1) is 0 Å². The molecule has 0 N–H and O–H groups in total. The van der Waals surface area contributed by atoms with Gasteiger partial charge in [0.1, 0.15) is 0 Å². The van der Waals surface area contributed by atoms with Crippen LogP contribution in [0.25, 0.3) is 0 Å². The Morgan fingerprint density at radius 3 is 1.94 bits per heavy atom. The molecule has 2 saturated heterocycles. The molecule has 2 heterocycles. The summed E-state index contributed by atoms with van der Waals surface area (Å²) in [5.41, 5.74) is 0. The van der Waals surface area contributed by atoms with Crippen molar-refractivity contribution in [3.05, 3.63) is 0 Å². The molecule has 0 aliphatic carbocycles. The molecule has 0 aromatic carbocycles. The van der Waals surface area contributed by atoms with Crippen LogP contribution in [0.2, 0.25) is 0 Å². The van der Waals surface area contributed by atoms with Crippen LogP contribution < -0.4 is 0 Å². The lowest BCUT2D eigenvalue weighted by Gasteiger charge is -2.28.